The number of nitrogens with two attached hydrogens (primary N) is 1. The van der Waals surface area contributed by atoms with Crippen LogP contribution in [-0.2, 0) is 27.8 Å². The van der Waals surface area contributed by atoms with E-state index in [2.05, 4.69) is 5.32 Å². The molecule has 2 rings (SSSR count). The van der Waals surface area contributed by atoms with Gasteiger partial charge in [0.1, 0.15) is 0 Å². The lowest BCUT2D eigenvalue weighted by Gasteiger charge is -2.18. The first kappa shape index (κ1) is 18.2. The third kappa shape index (κ3) is 5.49. The zero-order valence-corrected chi connectivity index (χ0v) is 15.2. The van der Waals surface area contributed by atoms with Gasteiger partial charge < -0.3 is 11.1 Å². The average molecular weight is 344 g/mol. The van der Waals surface area contributed by atoms with Crippen LogP contribution in [0.5, 0.6) is 0 Å². The molecule has 0 aromatic heterocycles. The lowest BCUT2D eigenvalue weighted by Crippen LogP contribution is -2.23. The summed E-state index contributed by atoms with van der Waals surface area (Å²) in [6.07, 6.45) is 0.290. The van der Waals surface area contributed by atoms with Crippen LogP contribution in [-0.4, -0.2) is 14.9 Å². The second kappa shape index (κ2) is 7.62. The Bertz CT molecular complexity index is 734. The first-order valence-electron chi connectivity index (χ1n) is 7.86. The van der Waals surface area contributed by atoms with Gasteiger partial charge in [0.25, 0.3) is 0 Å². The van der Waals surface area contributed by atoms with Crippen molar-refractivity contribution in [1.82, 2.24) is 0 Å². The molecule has 0 aliphatic rings. The molecule has 5 heteroatoms. The quantitative estimate of drug-likeness (QED) is 0.816. The third-order valence-electron chi connectivity index (χ3n) is 3.54. The van der Waals surface area contributed by atoms with Gasteiger partial charge >= 0.3 is 0 Å². The lowest BCUT2D eigenvalue weighted by molar-refractivity contribution is -0.115. The first-order chi connectivity index (χ1) is 11.2. The molecule has 0 saturated carbocycles. The fourth-order valence-electron chi connectivity index (χ4n) is 2.13. The van der Waals surface area contributed by atoms with E-state index in [1.54, 1.807) is 12.1 Å². The molecular weight excluding hydrogens is 320 g/mol. The number of nitrogen functional groups attached to an aromatic ring is 1. The summed E-state index contributed by atoms with van der Waals surface area (Å²) in [5.41, 5.74) is 8.90. The van der Waals surface area contributed by atoms with Crippen molar-refractivity contribution >= 4 is 28.1 Å². The molecule has 0 spiro atoms. The van der Waals surface area contributed by atoms with Gasteiger partial charge in [-0.25, -0.2) is 0 Å². The van der Waals surface area contributed by atoms with E-state index in [1.807, 2.05) is 57.2 Å². The fourth-order valence-corrected chi connectivity index (χ4v) is 3.05. The van der Waals surface area contributed by atoms with Crippen LogP contribution in [0.25, 0.3) is 0 Å². The van der Waals surface area contributed by atoms with Gasteiger partial charge in [-0.3, -0.25) is 9.00 Å². The second-order valence-corrected chi connectivity index (χ2v) is 8.97. The molecule has 0 aliphatic carbocycles. The number of carbonyl (C=O) groups excluding carboxylic acids is 1. The van der Waals surface area contributed by atoms with E-state index in [-0.39, 0.29) is 10.7 Å². The van der Waals surface area contributed by atoms with Crippen LogP contribution in [0.1, 0.15) is 31.9 Å². The Balaban J connectivity index is 1.99. The fraction of sp³-hybridized carbons (Fsp3) is 0.316. The summed E-state index contributed by atoms with van der Waals surface area (Å²) in [6, 6.07) is 14.8. The maximum absolute atomic E-state index is 12.2. The molecule has 1 atom stereocenters. The van der Waals surface area contributed by atoms with E-state index in [9.17, 15) is 9.00 Å². The van der Waals surface area contributed by atoms with Crippen molar-refractivity contribution in [2.24, 2.45) is 0 Å². The van der Waals surface area contributed by atoms with Crippen molar-refractivity contribution in [2.75, 3.05) is 11.1 Å². The van der Waals surface area contributed by atoms with Crippen LogP contribution in [0.2, 0.25) is 0 Å². The first-order valence-corrected chi connectivity index (χ1v) is 9.17. The molecule has 0 fully saturated rings. The summed E-state index contributed by atoms with van der Waals surface area (Å²) < 4.78 is 12.0. The Labute approximate surface area is 145 Å². The number of nitrogens with one attached hydrogen (secondary N) is 1. The van der Waals surface area contributed by atoms with E-state index >= 15 is 0 Å². The van der Waals surface area contributed by atoms with E-state index < -0.39 is 10.8 Å². The predicted molar refractivity (Wildman–Crippen MR) is 101 cm³/mol. The summed E-state index contributed by atoms with van der Waals surface area (Å²) in [4.78, 5) is 12.2. The Hall–Kier alpha value is -2.14. The molecule has 128 valence electrons. The Morgan fingerprint density at radius 2 is 1.75 bits per heavy atom. The van der Waals surface area contributed by atoms with E-state index in [4.69, 9.17) is 5.73 Å². The van der Waals surface area contributed by atoms with Crippen molar-refractivity contribution in [3.05, 3.63) is 59.7 Å². The number of anilines is 2. The van der Waals surface area contributed by atoms with Gasteiger partial charge in [0.2, 0.25) is 5.91 Å². The van der Waals surface area contributed by atoms with E-state index in [1.165, 1.54) is 0 Å². The molecule has 1 amide bonds. The van der Waals surface area contributed by atoms with Gasteiger partial charge in [-0.05, 0) is 56.2 Å². The topological polar surface area (TPSA) is 72.2 Å². The minimum Gasteiger partial charge on any atom is -0.399 e. The number of hydrogen-bond acceptors (Lipinski definition) is 3. The molecular formula is C19H24N2O2S. The van der Waals surface area contributed by atoms with Gasteiger partial charge in [-0.1, -0.05) is 24.3 Å². The summed E-state index contributed by atoms with van der Waals surface area (Å²) >= 11 is 0. The van der Waals surface area contributed by atoms with Gasteiger partial charge in [-0.15, -0.1) is 0 Å². The Morgan fingerprint density at radius 3 is 2.38 bits per heavy atom. The highest BCUT2D eigenvalue weighted by Gasteiger charge is 2.19. The zero-order valence-electron chi connectivity index (χ0n) is 14.3. The molecule has 1 unspecified atom stereocenters. The average Bonchev–Trinajstić information content (AvgIpc) is 2.49. The number of amides is 1. The summed E-state index contributed by atoms with van der Waals surface area (Å²) in [5.74, 6) is 0.388. The summed E-state index contributed by atoms with van der Waals surface area (Å²) in [7, 11) is -0.968. The highest BCUT2D eigenvalue weighted by atomic mass is 32.2. The van der Waals surface area contributed by atoms with Crippen LogP contribution in [0.15, 0.2) is 48.5 Å². The molecule has 0 heterocycles. The number of benzene rings is 2. The summed E-state index contributed by atoms with van der Waals surface area (Å²) in [5, 5.41) is 2.89. The number of carbonyl (C=O) groups is 1. The van der Waals surface area contributed by atoms with Gasteiger partial charge in [0.15, 0.2) is 0 Å². The van der Waals surface area contributed by atoms with Crippen LogP contribution in [0.3, 0.4) is 0 Å². The molecule has 0 bridgehead atoms. The lowest BCUT2D eigenvalue weighted by atomic mass is 10.1. The van der Waals surface area contributed by atoms with Crippen molar-refractivity contribution in [3.63, 3.8) is 0 Å². The zero-order chi connectivity index (χ0) is 17.7. The molecule has 4 nitrogen and oxygen atoms in total. The maximum atomic E-state index is 12.2. The molecule has 24 heavy (non-hydrogen) atoms. The van der Waals surface area contributed by atoms with E-state index in [0.29, 0.717) is 17.9 Å². The Kier molecular flexibility index (Phi) is 5.78. The molecule has 2 aromatic carbocycles. The van der Waals surface area contributed by atoms with Crippen LogP contribution < -0.4 is 11.1 Å². The normalized spacial score (nSPS) is 12.6. The number of rotatable bonds is 5. The van der Waals surface area contributed by atoms with Gasteiger partial charge in [0.05, 0.1) is 6.42 Å². The highest BCUT2D eigenvalue weighted by molar-refractivity contribution is 7.85. The standard InChI is InChI=1S/C19H24N2O2S/c1-19(2,3)24(23)13-15-5-4-6-17(11-15)21-18(22)12-14-7-9-16(20)10-8-14/h4-11H,12-13,20H2,1-3H3,(H,21,22). The molecule has 0 saturated heterocycles. The third-order valence-corrected chi connectivity index (χ3v) is 5.50. The number of hydrogen-bond donors (Lipinski definition) is 2. The van der Waals surface area contributed by atoms with Gasteiger partial charge in [-0.2, -0.15) is 0 Å². The van der Waals surface area contributed by atoms with Crippen LogP contribution in [0, 0.1) is 0 Å². The molecule has 0 radical (unpaired) electrons. The highest BCUT2D eigenvalue weighted by Crippen LogP contribution is 2.19. The van der Waals surface area contributed by atoms with Crippen molar-refractivity contribution in [3.8, 4) is 0 Å². The van der Waals surface area contributed by atoms with Crippen molar-refractivity contribution in [1.29, 1.82) is 0 Å². The predicted octanol–water partition coefficient (Wildman–Crippen LogP) is 3.50. The molecule has 3 N–H and O–H groups in total. The molecule has 2 aromatic rings. The second-order valence-electron chi connectivity index (χ2n) is 6.77. The smallest absolute Gasteiger partial charge is 0.228 e. The minimum absolute atomic E-state index is 0.0890. The minimum atomic E-state index is -0.968. The van der Waals surface area contributed by atoms with Crippen LogP contribution >= 0.6 is 0 Å². The van der Waals surface area contributed by atoms with Crippen molar-refractivity contribution in [2.45, 2.75) is 37.7 Å². The summed E-state index contributed by atoms with van der Waals surface area (Å²) in [6.45, 7) is 5.88. The largest absolute Gasteiger partial charge is 0.399 e. The maximum Gasteiger partial charge on any atom is 0.228 e. The Morgan fingerprint density at radius 1 is 1.08 bits per heavy atom. The van der Waals surface area contributed by atoms with E-state index in [0.717, 1.165) is 16.8 Å². The van der Waals surface area contributed by atoms with Crippen LogP contribution in [0.4, 0.5) is 11.4 Å². The van der Waals surface area contributed by atoms with Gasteiger partial charge in [0, 0.05) is 32.7 Å². The SMILES string of the molecule is CC(C)(C)S(=O)Cc1cccc(NC(=O)Cc2ccc(N)cc2)c1. The monoisotopic (exact) mass is 344 g/mol. The van der Waals surface area contributed by atoms with Crippen molar-refractivity contribution < 1.29 is 9.00 Å². The molecule has 0 aliphatic heterocycles.